The van der Waals surface area contributed by atoms with Crippen LogP contribution >= 0.6 is 38.5 Å². The first-order valence-corrected chi connectivity index (χ1v) is 7.96. The van der Waals surface area contributed by atoms with Gasteiger partial charge >= 0.3 is 0 Å². The van der Waals surface area contributed by atoms with Gasteiger partial charge in [0.15, 0.2) is 6.61 Å². The van der Waals surface area contributed by atoms with Crippen molar-refractivity contribution in [1.82, 2.24) is 5.43 Å². The normalized spacial score (nSPS) is 10.6. The number of rotatable bonds is 5. The summed E-state index contributed by atoms with van der Waals surface area (Å²) >= 11 is 5.56. The lowest BCUT2D eigenvalue weighted by Gasteiger charge is -2.04. The molecule has 0 spiro atoms. The molecule has 0 aliphatic heterocycles. The molecule has 4 nitrogen and oxygen atoms in total. The van der Waals surface area contributed by atoms with E-state index in [1.807, 2.05) is 36.4 Å². The second kappa shape index (κ2) is 8.14. The molecule has 21 heavy (non-hydrogen) atoms. The molecule has 6 heteroatoms. The highest BCUT2D eigenvalue weighted by molar-refractivity contribution is 14.1. The van der Waals surface area contributed by atoms with Crippen LogP contribution in [0.4, 0.5) is 0 Å². The Balaban J connectivity index is 1.77. The van der Waals surface area contributed by atoms with Crippen LogP contribution < -0.4 is 10.2 Å². The summed E-state index contributed by atoms with van der Waals surface area (Å²) in [6, 6.07) is 15.1. The molecule has 0 bridgehead atoms. The van der Waals surface area contributed by atoms with Crippen LogP contribution in [-0.2, 0) is 4.79 Å². The lowest BCUT2D eigenvalue weighted by molar-refractivity contribution is -0.123. The van der Waals surface area contributed by atoms with Crippen LogP contribution in [0.5, 0.6) is 5.75 Å². The Kier molecular flexibility index (Phi) is 6.19. The molecule has 0 aliphatic rings. The number of amides is 1. The molecule has 0 aromatic heterocycles. The molecule has 0 heterocycles. The first-order valence-electron chi connectivity index (χ1n) is 6.09. The number of carbonyl (C=O) groups excluding carboxylic acids is 1. The number of benzene rings is 2. The number of hydrazone groups is 1. The summed E-state index contributed by atoms with van der Waals surface area (Å²) in [7, 11) is 0. The van der Waals surface area contributed by atoms with Crippen molar-refractivity contribution in [2.75, 3.05) is 6.61 Å². The van der Waals surface area contributed by atoms with E-state index in [4.69, 9.17) is 4.74 Å². The number of carbonyl (C=O) groups is 1. The smallest absolute Gasteiger partial charge is 0.277 e. The van der Waals surface area contributed by atoms with Crippen LogP contribution in [0.2, 0.25) is 0 Å². The maximum absolute atomic E-state index is 11.6. The minimum Gasteiger partial charge on any atom is -0.484 e. The van der Waals surface area contributed by atoms with Crippen molar-refractivity contribution in [1.29, 1.82) is 0 Å². The number of hydrogen-bond donors (Lipinski definition) is 1. The zero-order chi connectivity index (χ0) is 15.1. The van der Waals surface area contributed by atoms with Gasteiger partial charge in [0.1, 0.15) is 5.75 Å². The summed E-state index contributed by atoms with van der Waals surface area (Å²) in [6.07, 6.45) is 1.59. The summed E-state index contributed by atoms with van der Waals surface area (Å²) < 4.78 is 7.44. The molecule has 0 saturated carbocycles. The third-order valence-corrected chi connectivity index (χ3v) is 3.70. The highest BCUT2D eigenvalue weighted by Crippen LogP contribution is 2.15. The Morgan fingerprint density at radius 2 is 1.86 bits per heavy atom. The second-order valence-electron chi connectivity index (χ2n) is 4.09. The Hall–Kier alpha value is -1.41. The monoisotopic (exact) mass is 458 g/mol. The summed E-state index contributed by atoms with van der Waals surface area (Å²) in [5.74, 6) is 0.328. The van der Waals surface area contributed by atoms with E-state index in [0.717, 1.165) is 13.6 Å². The minimum absolute atomic E-state index is 0.0777. The Labute approximate surface area is 144 Å². The van der Waals surface area contributed by atoms with E-state index >= 15 is 0 Å². The van der Waals surface area contributed by atoms with Crippen LogP contribution in [0, 0.1) is 3.57 Å². The standard InChI is InChI=1S/C15H12BrIN2O2/c16-12-3-7-14(8-4-12)21-10-15(20)19-18-9-11-1-5-13(17)6-2-11/h1-9H,10H2,(H,19,20)/b18-9-. The zero-order valence-corrected chi connectivity index (χ0v) is 14.7. The van der Waals surface area contributed by atoms with Gasteiger partial charge in [0, 0.05) is 8.04 Å². The number of ether oxygens (including phenoxy) is 1. The SMILES string of the molecule is O=C(COc1ccc(Br)cc1)N/N=C\c1ccc(I)cc1. The Morgan fingerprint density at radius 1 is 1.19 bits per heavy atom. The van der Waals surface area contributed by atoms with Gasteiger partial charge in [-0.05, 0) is 64.6 Å². The lowest BCUT2D eigenvalue weighted by atomic mass is 10.2. The van der Waals surface area contributed by atoms with Gasteiger partial charge in [-0.15, -0.1) is 0 Å². The van der Waals surface area contributed by atoms with Gasteiger partial charge in [-0.25, -0.2) is 5.43 Å². The second-order valence-corrected chi connectivity index (χ2v) is 6.25. The van der Waals surface area contributed by atoms with Crippen molar-refractivity contribution in [2.24, 2.45) is 5.10 Å². The summed E-state index contributed by atoms with van der Waals surface area (Å²) in [6.45, 7) is -0.0777. The third-order valence-electron chi connectivity index (χ3n) is 2.46. The summed E-state index contributed by atoms with van der Waals surface area (Å²) in [5, 5.41) is 3.88. The van der Waals surface area contributed by atoms with Crippen LogP contribution in [0.3, 0.4) is 0 Å². The fourth-order valence-electron chi connectivity index (χ4n) is 1.44. The topological polar surface area (TPSA) is 50.7 Å². The van der Waals surface area contributed by atoms with E-state index in [0.29, 0.717) is 5.75 Å². The highest BCUT2D eigenvalue weighted by atomic mass is 127. The van der Waals surface area contributed by atoms with Crippen LogP contribution in [-0.4, -0.2) is 18.7 Å². The molecular weight excluding hydrogens is 447 g/mol. The molecule has 108 valence electrons. The van der Waals surface area contributed by atoms with Crippen molar-refractivity contribution in [3.8, 4) is 5.75 Å². The lowest BCUT2D eigenvalue weighted by Crippen LogP contribution is -2.24. The van der Waals surface area contributed by atoms with E-state index < -0.39 is 0 Å². The molecular formula is C15H12BrIN2O2. The highest BCUT2D eigenvalue weighted by Gasteiger charge is 2.01. The quantitative estimate of drug-likeness (QED) is 0.423. The summed E-state index contributed by atoms with van der Waals surface area (Å²) in [5.41, 5.74) is 3.34. The predicted octanol–water partition coefficient (Wildman–Crippen LogP) is 3.58. The minimum atomic E-state index is -0.306. The molecule has 0 fully saturated rings. The number of nitrogens with zero attached hydrogens (tertiary/aromatic N) is 1. The molecule has 2 aromatic rings. The largest absolute Gasteiger partial charge is 0.484 e. The van der Waals surface area contributed by atoms with E-state index in [1.54, 1.807) is 18.3 Å². The fourth-order valence-corrected chi connectivity index (χ4v) is 2.06. The fraction of sp³-hybridized carbons (Fsp3) is 0.0667. The number of nitrogens with one attached hydrogen (secondary N) is 1. The van der Waals surface area contributed by atoms with Gasteiger partial charge < -0.3 is 4.74 Å². The number of hydrogen-bond acceptors (Lipinski definition) is 3. The molecule has 0 radical (unpaired) electrons. The van der Waals surface area contributed by atoms with Crippen LogP contribution in [0.15, 0.2) is 58.1 Å². The zero-order valence-electron chi connectivity index (χ0n) is 10.9. The van der Waals surface area contributed by atoms with Gasteiger partial charge in [0.05, 0.1) is 6.21 Å². The molecule has 2 aromatic carbocycles. The van der Waals surface area contributed by atoms with Crippen molar-refractivity contribution in [3.63, 3.8) is 0 Å². The Bertz CT molecular complexity index is 627. The van der Waals surface area contributed by atoms with Crippen molar-refractivity contribution < 1.29 is 9.53 Å². The first kappa shape index (κ1) is 16.0. The predicted molar refractivity (Wildman–Crippen MR) is 94.5 cm³/mol. The van der Waals surface area contributed by atoms with Crippen molar-refractivity contribution in [2.45, 2.75) is 0 Å². The Morgan fingerprint density at radius 3 is 2.52 bits per heavy atom. The number of halogens is 2. The molecule has 0 unspecified atom stereocenters. The van der Waals surface area contributed by atoms with E-state index in [1.165, 1.54) is 0 Å². The summed E-state index contributed by atoms with van der Waals surface area (Å²) in [4.78, 5) is 11.6. The maximum atomic E-state index is 11.6. The van der Waals surface area contributed by atoms with E-state index in [-0.39, 0.29) is 12.5 Å². The average Bonchev–Trinajstić information content (AvgIpc) is 2.49. The van der Waals surface area contributed by atoms with Gasteiger partial charge in [-0.1, -0.05) is 28.1 Å². The third kappa shape index (κ3) is 5.84. The van der Waals surface area contributed by atoms with Crippen LogP contribution in [0.1, 0.15) is 5.56 Å². The van der Waals surface area contributed by atoms with Gasteiger partial charge in [0.25, 0.3) is 5.91 Å². The van der Waals surface area contributed by atoms with Crippen LogP contribution in [0.25, 0.3) is 0 Å². The maximum Gasteiger partial charge on any atom is 0.277 e. The molecule has 2 rings (SSSR count). The first-order chi connectivity index (χ1) is 10.1. The van der Waals surface area contributed by atoms with Crippen molar-refractivity contribution in [3.05, 3.63) is 62.1 Å². The van der Waals surface area contributed by atoms with Gasteiger partial charge in [-0.2, -0.15) is 5.10 Å². The molecule has 0 atom stereocenters. The van der Waals surface area contributed by atoms with E-state index in [2.05, 4.69) is 49.0 Å². The van der Waals surface area contributed by atoms with Crippen molar-refractivity contribution >= 4 is 50.6 Å². The molecule has 0 aliphatic carbocycles. The molecule has 1 amide bonds. The molecule has 1 N–H and O–H groups in total. The van der Waals surface area contributed by atoms with Gasteiger partial charge in [0.2, 0.25) is 0 Å². The van der Waals surface area contributed by atoms with Gasteiger partial charge in [-0.3, -0.25) is 4.79 Å². The molecule has 0 saturated heterocycles. The van der Waals surface area contributed by atoms with E-state index in [9.17, 15) is 4.79 Å². The average molecular weight is 459 g/mol.